The number of hydrogen-bond acceptors (Lipinski definition) is 6. The third-order valence-corrected chi connectivity index (χ3v) is 4.02. The van der Waals surface area contributed by atoms with Crippen LogP contribution in [0.15, 0.2) is 17.1 Å². The molecule has 1 unspecified atom stereocenters. The van der Waals surface area contributed by atoms with E-state index in [9.17, 15) is 4.79 Å². The molecule has 7 heteroatoms. The number of hydrogen-bond donors (Lipinski definition) is 0. The molecule has 7 nitrogen and oxygen atoms in total. The van der Waals surface area contributed by atoms with Crippen LogP contribution in [0, 0.1) is 13.8 Å². The van der Waals surface area contributed by atoms with Crippen molar-refractivity contribution in [2.45, 2.75) is 45.6 Å². The van der Waals surface area contributed by atoms with Crippen molar-refractivity contribution in [2.75, 3.05) is 6.54 Å². The van der Waals surface area contributed by atoms with E-state index in [1.54, 1.807) is 6.20 Å². The summed E-state index contributed by atoms with van der Waals surface area (Å²) in [6.07, 6.45) is 6.89. The van der Waals surface area contributed by atoms with E-state index in [0.29, 0.717) is 29.5 Å². The highest BCUT2D eigenvalue weighted by atomic mass is 16.5. The van der Waals surface area contributed by atoms with E-state index in [1.165, 1.54) is 6.39 Å². The first kappa shape index (κ1) is 14.6. The minimum atomic E-state index is -0.144. The number of rotatable bonds is 2. The summed E-state index contributed by atoms with van der Waals surface area (Å²) >= 11 is 0. The Bertz CT molecular complexity index is 656. The summed E-state index contributed by atoms with van der Waals surface area (Å²) < 4.78 is 4.86. The molecule has 116 valence electrons. The first-order valence-electron chi connectivity index (χ1n) is 7.54. The molecule has 2 aromatic rings. The maximum atomic E-state index is 13.0. The van der Waals surface area contributed by atoms with Crippen molar-refractivity contribution in [3.63, 3.8) is 0 Å². The average molecular weight is 301 g/mol. The second-order valence-electron chi connectivity index (χ2n) is 5.57. The minimum absolute atomic E-state index is 0.0609. The predicted octanol–water partition coefficient (Wildman–Crippen LogP) is 2.23. The number of aromatic nitrogens is 4. The summed E-state index contributed by atoms with van der Waals surface area (Å²) in [6.45, 7) is 4.34. The van der Waals surface area contributed by atoms with Crippen molar-refractivity contribution in [3.8, 4) is 0 Å². The number of amides is 1. The summed E-state index contributed by atoms with van der Waals surface area (Å²) in [4.78, 5) is 27.4. The maximum Gasteiger partial charge on any atom is 0.257 e. The second kappa shape index (κ2) is 6.21. The van der Waals surface area contributed by atoms with Gasteiger partial charge in [-0.1, -0.05) is 18.0 Å². The summed E-state index contributed by atoms with van der Waals surface area (Å²) in [7, 11) is 0. The molecule has 22 heavy (non-hydrogen) atoms. The van der Waals surface area contributed by atoms with Crippen LogP contribution in [0.1, 0.15) is 59.4 Å². The van der Waals surface area contributed by atoms with Gasteiger partial charge in [0.1, 0.15) is 5.82 Å². The van der Waals surface area contributed by atoms with Crippen LogP contribution in [0.3, 0.4) is 0 Å². The Morgan fingerprint density at radius 3 is 2.86 bits per heavy atom. The highest BCUT2D eigenvalue weighted by molar-refractivity contribution is 5.95. The van der Waals surface area contributed by atoms with Crippen LogP contribution in [0.5, 0.6) is 0 Å². The zero-order valence-corrected chi connectivity index (χ0v) is 12.8. The predicted molar refractivity (Wildman–Crippen MR) is 78.0 cm³/mol. The van der Waals surface area contributed by atoms with Gasteiger partial charge in [-0.25, -0.2) is 9.97 Å². The van der Waals surface area contributed by atoms with E-state index in [1.807, 2.05) is 18.7 Å². The van der Waals surface area contributed by atoms with Crippen LogP contribution in [0.25, 0.3) is 0 Å². The van der Waals surface area contributed by atoms with E-state index < -0.39 is 0 Å². The quantitative estimate of drug-likeness (QED) is 0.845. The zero-order valence-electron chi connectivity index (χ0n) is 12.8. The largest absolute Gasteiger partial charge is 0.343 e. The molecule has 0 aliphatic carbocycles. The van der Waals surface area contributed by atoms with E-state index in [2.05, 4.69) is 20.1 Å². The van der Waals surface area contributed by atoms with Gasteiger partial charge in [0.2, 0.25) is 6.39 Å². The highest BCUT2D eigenvalue weighted by Gasteiger charge is 2.31. The molecule has 0 radical (unpaired) electrons. The van der Waals surface area contributed by atoms with Crippen molar-refractivity contribution in [1.29, 1.82) is 0 Å². The van der Waals surface area contributed by atoms with Crippen LogP contribution >= 0.6 is 0 Å². The third-order valence-electron chi connectivity index (χ3n) is 4.02. The van der Waals surface area contributed by atoms with E-state index in [-0.39, 0.29) is 11.9 Å². The lowest BCUT2D eigenvalue weighted by Gasteiger charge is -2.28. The Morgan fingerprint density at radius 2 is 2.14 bits per heavy atom. The minimum Gasteiger partial charge on any atom is -0.343 e. The van der Waals surface area contributed by atoms with Gasteiger partial charge in [0, 0.05) is 12.7 Å². The Labute approximate surface area is 128 Å². The monoisotopic (exact) mass is 301 g/mol. The van der Waals surface area contributed by atoms with Gasteiger partial charge in [0.05, 0.1) is 17.3 Å². The van der Waals surface area contributed by atoms with Crippen LogP contribution in [0.4, 0.5) is 0 Å². The number of carbonyl (C=O) groups excluding carboxylic acids is 1. The van der Waals surface area contributed by atoms with Crippen molar-refractivity contribution in [3.05, 3.63) is 35.5 Å². The SMILES string of the molecule is Cc1ncc(C(=O)N2CCCCCC2c2ncon2)c(C)n1. The molecular weight excluding hydrogens is 282 g/mol. The smallest absolute Gasteiger partial charge is 0.257 e. The van der Waals surface area contributed by atoms with Gasteiger partial charge >= 0.3 is 0 Å². The summed E-state index contributed by atoms with van der Waals surface area (Å²) in [5.74, 6) is 1.18. The van der Waals surface area contributed by atoms with Crippen molar-refractivity contribution in [2.24, 2.45) is 0 Å². The fraction of sp³-hybridized carbons (Fsp3) is 0.533. The second-order valence-corrected chi connectivity index (χ2v) is 5.57. The lowest BCUT2D eigenvalue weighted by atomic mass is 10.1. The molecule has 1 fully saturated rings. The van der Waals surface area contributed by atoms with Gasteiger partial charge in [-0.05, 0) is 26.7 Å². The molecule has 0 bridgehead atoms. The topological polar surface area (TPSA) is 85.0 Å². The van der Waals surface area contributed by atoms with Crippen molar-refractivity contribution < 1.29 is 9.32 Å². The van der Waals surface area contributed by atoms with Crippen LogP contribution < -0.4 is 0 Å². The lowest BCUT2D eigenvalue weighted by molar-refractivity contribution is 0.0668. The highest BCUT2D eigenvalue weighted by Crippen LogP contribution is 2.29. The van der Waals surface area contributed by atoms with Gasteiger partial charge in [0.15, 0.2) is 5.82 Å². The fourth-order valence-electron chi connectivity index (χ4n) is 2.89. The molecule has 1 atom stereocenters. The molecule has 1 amide bonds. The first-order valence-corrected chi connectivity index (χ1v) is 7.54. The average Bonchev–Trinajstić information content (AvgIpc) is 2.91. The van der Waals surface area contributed by atoms with Crippen LogP contribution in [-0.2, 0) is 0 Å². The lowest BCUT2D eigenvalue weighted by Crippen LogP contribution is -2.36. The van der Waals surface area contributed by atoms with Gasteiger partial charge in [0.25, 0.3) is 5.91 Å². The van der Waals surface area contributed by atoms with E-state index in [4.69, 9.17) is 4.52 Å². The number of likely N-dealkylation sites (tertiary alicyclic amines) is 1. The summed E-state index contributed by atoms with van der Waals surface area (Å²) in [5.41, 5.74) is 1.25. The molecular formula is C15H19N5O2. The van der Waals surface area contributed by atoms with E-state index >= 15 is 0 Å². The number of aryl methyl sites for hydroxylation is 2. The molecule has 0 aromatic carbocycles. The molecule has 3 rings (SSSR count). The molecule has 1 aliphatic heterocycles. The van der Waals surface area contributed by atoms with Gasteiger partial charge < -0.3 is 9.42 Å². The summed E-state index contributed by atoms with van der Waals surface area (Å²) in [5, 5.41) is 3.93. The van der Waals surface area contributed by atoms with Crippen molar-refractivity contribution in [1.82, 2.24) is 25.0 Å². The Kier molecular flexibility index (Phi) is 4.13. The van der Waals surface area contributed by atoms with Crippen molar-refractivity contribution >= 4 is 5.91 Å². The molecule has 2 aromatic heterocycles. The number of nitrogens with zero attached hydrogens (tertiary/aromatic N) is 5. The molecule has 1 aliphatic rings. The molecule has 0 N–H and O–H groups in total. The molecule has 1 saturated heterocycles. The zero-order chi connectivity index (χ0) is 15.5. The van der Waals surface area contributed by atoms with E-state index in [0.717, 1.165) is 25.7 Å². The fourth-order valence-corrected chi connectivity index (χ4v) is 2.89. The number of carbonyl (C=O) groups is 1. The van der Waals surface area contributed by atoms with Gasteiger partial charge in [-0.15, -0.1) is 0 Å². The van der Waals surface area contributed by atoms with Gasteiger partial charge in [-0.2, -0.15) is 4.98 Å². The normalized spacial score (nSPS) is 19.0. The van der Waals surface area contributed by atoms with Crippen LogP contribution in [0.2, 0.25) is 0 Å². The third kappa shape index (κ3) is 2.84. The standard InChI is InChI=1S/C15H19N5O2/c1-10-12(8-16-11(2)18-10)15(21)20-7-5-3-4-6-13(20)14-17-9-22-19-14/h8-9,13H,3-7H2,1-2H3. The summed E-state index contributed by atoms with van der Waals surface area (Å²) in [6, 6.07) is -0.144. The van der Waals surface area contributed by atoms with Crippen LogP contribution in [-0.4, -0.2) is 37.5 Å². The Balaban J connectivity index is 1.93. The van der Waals surface area contributed by atoms with Gasteiger partial charge in [-0.3, -0.25) is 4.79 Å². The first-order chi connectivity index (χ1) is 10.7. The Morgan fingerprint density at radius 1 is 1.27 bits per heavy atom. The molecule has 0 spiro atoms. The Hall–Kier alpha value is -2.31. The maximum absolute atomic E-state index is 13.0. The molecule has 0 saturated carbocycles. The molecule has 3 heterocycles.